The smallest absolute Gasteiger partial charge is 0.430 e. The lowest BCUT2D eigenvalue weighted by Crippen LogP contribution is -2.37. The number of halogens is 4. The zero-order valence-corrected chi connectivity index (χ0v) is 22.3. The molecule has 11 heteroatoms. The first-order chi connectivity index (χ1) is 17.8. The van der Waals surface area contributed by atoms with Crippen LogP contribution in [0.3, 0.4) is 0 Å². The topological polar surface area (TPSA) is 107 Å². The van der Waals surface area contributed by atoms with Crippen molar-refractivity contribution >= 4 is 39.5 Å². The average molecular weight is 599 g/mol. The Bertz CT molecular complexity index is 1160. The fourth-order valence-electron chi connectivity index (χ4n) is 5.02. The van der Waals surface area contributed by atoms with Gasteiger partial charge in [-0.2, -0.15) is 13.2 Å². The fourth-order valence-corrected chi connectivity index (χ4v) is 5.43. The van der Waals surface area contributed by atoms with E-state index in [1.54, 1.807) is 24.3 Å². The molecule has 4 rings (SSSR count). The molecule has 2 fully saturated rings. The van der Waals surface area contributed by atoms with E-state index in [1.807, 2.05) is 17.9 Å². The highest BCUT2D eigenvalue weighted by atomic mass is 79.9. The van der Waals surface area contributed by atoms with Crippen LogP contribution in [0.25, 0.3) is 0 Å². The molecule has 1 aliphatic heterocycles. The highest BCUT2D eigenvalue weighted by Gasteiger charge is 2.45. The number of rotatable bonds is 6. The van der Waals surface area contributed by atoms with Crippen LogP contribution >= 0.6 is 15.9 Å². The number of hydrogen-bond acceptors (Lipinski definition) is 5. The number of aromatic carboxylic acids is 1. The van der Waals surface area contributed by atoms with Gasteiger partial charge in [-0.25, -0.2) is 4.79 Å². The molecule has 2 aromatic rings. The highest BCUT2D eigenvalue weighted by molar-refractivity contribution is 9.10. The summed E-state index contributed by atoms with van der Waals surface area (Å²) in [6, 6.07) is 12.8. The van der Waals surface area contributed by atoms with E-state index in [2.05, 4.69) is 28.1 Å². The number of carbonyl (C=O) groups is 3. The van der Waals surface area contributed by atoms with Gasteiger partial charge in [0, 0.05) is 23.1 Å². The van der Waals surface area contributed by atoms with Crippen LogP contribution in [0.15, 0.2) is 46.9 Å². The zero-order chi connectivity index (χ0) is 28.1. The Morgan fingerprint density at radius 2 is 1.76 bits per heavy atom. The minimum absolute atomic E-state index is 0.0451. The molecule has 1 spiro atoms. The molecule has 1 N–H and O–H groups in total. The number of carbonyl (C=O) groups excluding carboxylic acids is 2. The Kier molecular flexibility index (Phi) is 9.45. The molecule has 1 amide bonds. The summed E-state index contributed by atoms with van der Waals surface area (Å²) in [7, 11) is 0. The Balaban J connectivity index is 0.000000505. The number of carboxylic acid groups (broad SMARTS) is 2. The standard InChI is InChI=1S/C25H28BrNO4.C2HF3O2/c1-2-31-21-7-8-22(26)19(14-21)13-17-9-11-25(12-10-17)15-23(28)27(16-25)20-5-3-18(4-6-20)24(29)30;3-2(4,5)1(6)7/h3-8,14,17H,2,9-13,15-16H2,1H3,(H,29,30);(H,6,7)/p-1. The summed E-state index contributed by atoms with van der Waals surface area (Å²) in [6.45, 7) is 3.39. The molecule has 1 heterocycles. The van der Waals surface area contributed by atoms with E-state index in [1.165, 1.54) is 5.56 Å². The first-order valence-corrected chi connectivity index (χ1v) is 13.0. The van der Waals surface area contributed by atoms with Crippen molar-refractivity contribution in [2.24, 2.45) is 11.3 Å². The van der Waals surface area contributed by atoms with E-state index < -0.39 is 18.1 Å². The molecule has 2 aromatic carbocycles. The molecule has 0 aromatic heterocycles. The second kappa shape index (κ2) is 12.2. The third-order valence-electron chi connectivity index (χ3n) is 6.98. The van der Waals surface area contributed by atoms with Crippen LogP contribution in [0.2, 0.25) is 0 Å². The first-order valence-electron chi connectivity index (χ1n) is 12.2. The lowest BCUT2D eigenvalue weighted by Gasteiger charge is -2.37. The lowest BCUT2D eigenvalue weighted by atomic mass is 9.69. The molecule has 1 aliphatic carbocycles. The quantitative estimate of drug-likeness (QED) is 0.501. The lowest BCUT2D eigenvalue weighted by molar-refractivity contribution is -0.344. The number of carboxylic acids is 2. The molecule has 0 unspecified atom stereocenters. The van der Waals surface area contributed by atoms with Gasteiger partial charge in [0.1, 0.15) is 11.7 Å². The van der Waals surface area contributed by atoms with Crippen LogP contribution in [0.1, 0.15) is 54.9 Å². The first kappa shape index (κ1) is 29.5. The highest BCUT2D eigenvalue weighted by Crippen LogP contribution is 2.48. The minimum atomic E-state index is -5.19. The molecule has 38 heavy (non-hydrogen) atoms. The molecule has 0 atom stereocenters. The van der Waals surface area contributed by atoms with Gasteiger partial charge < -0.3 is 24.6 Å². The van der Waals surface area contributed by atoms with Crippen molar-refractivity contribution in [1.82, 2.24) is 0 Å². The van der Waals surface area contributed by atoms with Gasteiger partial charge in [-0.1, -0.05) is 15.9 Å². The number of anilines is 1. The maximum Gasteiger partial charge on any atom is 0.430 e. The summed E-state index contributed by atoms with van der Waals surface area (Å²) in [4.78, 5) is 34.5. The third kappa shape index (κ3) is 7.49. The van der Waals surface area contributed by atoms with Gasteiger partial charge in [0.15, 0.2) is 0 Å². The maximum absolute atomic E-state index is 12.8. The van der Waals surface area contributed by atoms with Crippen molar-refractivity contribution in [3.63, 3.8) is 0 Å². The summed E-state index contributed by atoms with van der Waals surface area (Å²) in [6.07, 6.45) is 0.746. The maximum atomic E-state index is 12.8. The van der Waals surface area contributed by atoms with Crippen LogP contribution < -0.4 is 14.7 Å². The van der Waals surface area contributed by atoms with Crippen molar-refractivity contribution in [1.29, 1.82) is 0 Å². The van der Waals surface area contributed by atoms with Gasteiger partial charge in [-0.15, -0.1) is 0 Å². The van der Waals surface area contributed by atoms with Crippen LogP contribution in [-0.4, -0.2) is 42.3 Å². The number of ether oxygens (including phenoxy) is 1. The molecule has 0 bridgehead atoms. The molecular formula is C27H28BrF3NO6-. The number of nitrogens with zero attached hydrogens (tertiary/aromatic N) is 1. The summed E-state index contributed by atoms with van der Waals surface area (Å²) in [5.41, 5.74) is 2.37. The van der Waals surface area contributed by atoms with Crippen LogP contribution in [0.4, 0.5) is 18.9 Å². The summed E-state index contributed by atoms with van der Waals surface area (Å²) >= 11 is 3.68. The third-order valence-corrected chi connectivity index (χ3v) is 7.75. The molecule has 206 valence electrons. The average Bonchev–Trinajstić information content (AvgIpc) is 3.18. The number of alkyl halides is 3. The molecule has 7 nitrogen and oxygen atoms in total. The Labute approximate surface area is 226 Å². The van der Waals surface area contributed by atoms with Crippen LogP contribution in [-0.2, 0) is 16.0 Å². The monoisotopic (exact) mass is 598 g/mol. The van der Waals surface area contributed by atoms with Crippen LogP contribution in [0, 0.1) is 11.3 Å². The normalized spacial score (nSPS) is 21.1. The Morgan fingerprint density at radius 1 is 1.16 bits per heavy atom. The largest absolute Gasteiger partial charge is 0.542 e. The Morgan fingerprint density at radius 3 is 2.29 bits per heavy atom. The van der Waals surface area contributed by atoms with Gasteiger partial charge in [0.25, 0.3) is 0 Å². The molecule has 2 aliphatic rings. The molecule has 1 saturated heterocycles. The van der Waals surface area contributed by atoms with Crippen molar-refractivity contribution < 1.29 is 42.5 Å². The van der Waals surface area contributed by atoms with E-state index in [-0.39, 0.29) is 16.9 Å². The Hall–Kier alpha value is -3.08. The second-order valence-corrected chi connectivity index (χ2v) is 10.5. The zero-order valence-electron chi connectivity index (χ0n) is 20.7. The minimum Gasteiger partial charge on any atom is -0.542 e. The van der Waals surface area contributed by atoms with Crippen LogP contribution in [0.5, 0.6) is 5.75 Å². The summed E-state index contributed by atoms with van der Waals surface area (Å²) in [5.74, 6) is -2.29. The van der Waals surface area contributed by atoms with E-state index in [9.17, 15) is 22.8 Å². The fraction of sp³-hybridized carbons (Fsp3) is 0.444. The SMILES string of the molecule is CCOc1ccc(Br)c(CC2CCC3(CC2)CC(=O)N(c2ccc(C(=O)O)cc2)C3)c1.O=C([O-])C(F)(F)F. The summed E-state index contributed by atoms with van der Waals surface area (Å²) in [5, 5.41) is 17.9. The number of hydrogen-bond donors (Lipinski definition) is 1. The molecular weight excluding hydrogens is 571 g/mol. The van der Waals surface area contributed by atoms with E-state index in [0.717, 1.165) is 54.6 Å². The predicted octanol–water partition coefficient (Wildman–Crippen LogP) is 5.00. The van der Waals surface area contributed by atoms with E-state index in [4.69, 9.17) is 19.7 Å². The van der Waals surface area contributed by atoms with Crippen molar-refractivity contribution in [3.05, 3.63) is 58.1 Å². The number of aliphatic carboxylic acids is 1. The van der Waals surface area contributed by atoms with Gasteiger partial charge in [0.2, 0.25) is 5.91 Å². The van der Waals surface area contributed by atoms with Gasteiger partial charge in [-0.05, 0) is 98.4 Å². The summed E-state index contributed by atoms with van der Waals surface area (Å²) < 4.78 is 38.3. The van der Waals surface area contributed by atoms with Gasteiger partial charge in [-0.3, -0.25) is 4.79 Å². The van der Waals surface area contributed by atoms with Crippen molar-refractivity contribution in [3.8, 4) is 5.75 Å². The van der Waals surface area contributed by atoms with E-state index in [0.29, 0.717) is 18.9 Å². The number of amides is 1. The van der Waals surface area contributed by atoms with Crippen molar-refractivity contribution in [2.45, 2.75) is 51.6 Å². The predicted molar refractivity (Wildman–Crippen MR) is 135 cm³/mol. The second-order valence-electron chi connectivity index (χ2n) is 9.63. The number of benzene rings is 2. The van der Waals surface area contributed by atoms with E-state index >= 15 is 0 Å². The van der Waals surface area contributed by atoms with Gasteiger partial charge >= 0.3 is 12.1 Å². The van der Waals surface area contributed by atoms with Gasteiger partial charge in [0.05, 0.1) is 12.2 Å². The van der Waals surface area contributed by atoms with Crippen molar-refractivity contribution in [2.75, 3.05) is 18.1 Å². The molecule has 1 saturated carbocycles. The molecule has 0 radical (unpaired) electrons.